The molecule has 0 bridgehead atoms. The van der Waals surface area contributed by atoms with E-state index in [0.29, 0.717) is 29.8 Å². The number of urea groups is 1. The summed E-state index contributed by atoms with van der Waals surface area (Å²) in [5.41, 5.74) is 2.32. The molecular weight excluding hydrogens is 396 g/mol. The van der Waals surface area contributed by atoms with Crippen LogP contribution in [0.5, 0.6) is 0 Å². The first-order valence-corrected chi connectivity index (χ1v) is 10.4. The molecule has 0 atom stereocenters. The molecule has 10 heteroatoms. The van der Waals surface area contributed by atoms with Crippen molar-refractivity contribution in [1.29, 1.82) is 0 Å². The van der Waals surface area contributed by atoms with Gasteiger partial charge in [-0.15, -0.1) is 0 Å². The van der Waals surface area contributed by atoms with Crippen molar-refractivity contribution >= 4 is 39.2 Å². The summed E-state index contributed by atoms with van der Waals surface area (Å²) in [6.07, 6.45) is 0.792. The van der Waals surface area contributed by atoms with E-state index in [1.165, 1.54) is 6.07 Å². The van der Waals surface area contributed by atoms with Crippen molar-refractivity contribution in [1.82, 2.24) is 10.2 Å². The van der Waals surface area contributed by atoms with Gasteiger partial charge in [0.2, 0.25) is 11.8 Å². The third-order valence-corrected chi connectivity index (χ3v) is 6.12. The SMILES string of the molecule is O=C1CCc2cc(S(=O)(=O)Nc3cccc(CN4C(=O)CNC4=O)c3)ccc2N1. The van der Waals surface area contributed by atoms with Crippen molar-refractivity contribution in [3.63, 3.8) is 0 Å². The quantitative estimate of drug-likeness (QED) is 0.639. The predicted octanol–water partition coefficient (Wildman–Crippen LogP) is 1.42. The lowest BCUT2D eigenvalue weighted by Gasteiger charge is -2.18. The number of nitrogens with one attached hydrogen (secondary N) is 3. The number of carbonyl (C=O) groups excluding carboxylic acids is 3. The molecule has 9 nitrogen and oxygen atoms in total. The first kappa shape index (κ1) is 18.9. The highest BCUT2D eigenvalue weighted by atomic mass is 32.2. The van der Waals surface area contributed by atoms with Gasteiger partial charge in [0.25, 0.3) is 10.0 Å². The minimum atomic E-state index is -3.85. The summed E-state index contributed by atoms with van der Waals surface area (Å²) in [5, 5.41) is 5.16. The number of hydrogen-bond acceptors (Lipinski definition) is 5. The first-order chi connectivity index (χ1) is 13.8. The number of rotatable bonds is 5. The molecule has 0 aliphatic carbocycles. The zero-order chi connectivity index (χ0) is 20.6. The number of hydrogen-bond donors (Lipinski definition) is 3. The highest BCUT2D eigenvalue weighted by Gasteiger charge is 2.28. The Morgan fingerprint density at radius 2 is 1.86 bits per heavy atom. The minimum absolute atomic E-state index is 0.0378. The fraction of sp³-hybridized carbons (Fsp3) is 0.211. The molecule has 2 heterocycles. The topological polar surface area (TPSA) is 125 Å². The molecule has 0 spiro atoms. The van der Waals surface area contributed by atoms with Crippen LogP contribution >= 0.6 is 0 Å². The van der Waals surface area contributed by atoms with Gasteiger partial charge in [0.1, 0.15) is 0 Å². The van der Waals surface area contributed by atoms with E-state index in [-0.39, 0.29) is 29.8 Å². The maximum Gasteiger partial charge on any atom is 0.324 e. The second kappa shape index (κ2) is 7.21. The van der Waals surface area contributed by atoms with Gasteiger partial charge in [0.15, 0.2) is 0 Å². The van der Waals surface area contributed by atoms with Gasteiger partial charge in [-0.05, 0) is 47.9 Å². The molecule has 4 amide bonds. The van der Waals surface area contributed by atoms with E-state index in [4.69, 9.17) is 0 Å². The number of sulfonamides is 1. The zero-order valence-electron chi connectivity index (χ0n) is 15.3. The molecule has 1 saturated heterocycles. The Morgan fingerprint density at radius 1 is 1.03 bits per heavy atom. The van der Waals surface area contributed by atoms with Crippen molar-refractivity contribution in [3.8, 4) is 0 Å². The van der Waals surface area contributed by atoms with Gasteiger partial charge in [-0.3, -0.25) is 19.2 Å². The van der Waals surface area contributed by atoms with Crippen LogP contribution in [0.3, 0.4) is 0 Å². The fourth-order valence-corrected chi connectivity index (χ4v) is 4.37. The summed E-state index contributed by atoms with van der Waals surface area (Å²) < 4.78 is 28.1. The van der Waals surface area contributed by atoms with Crippen molar-refractivity contribution in [2.24, 2.45) is 0 Å². The standard InChI is InChI=1S/C19H18N4O5S/c24-17-7-4-13-9-15(5-6-16(13)21-17)29(27,28)22-14-3-1-2-12(8-14)11-23-18(25)10-20-19(23)26/h1-3,5-6,8-9,22H,4,7,10-11H2,(H,20,26)(H,21,24). The number of anilines is 2. The third kappa shape index (κ3) is 3.92. The number of fused-ring (bicyclic) bond motifs is 1. The summed E-state index contributed by atoms with van der Waals surface area (Å²) in [6, 6.07) is 10.6. The molecule has 2 aliphatic heterocycles. The molecule has 2 aromatic carbocycles. The summed E-state index contributed by atoms with van der Waals surface area (Å²) in [7, 11) is -3.85. The van der Waals surface area contributed by atoms with Gasteiger partial charge < -0.3 is 10.6 Å². The summed E-state index contributed by atoms with van der Waals surface area (Å²) >= 11 is 0. The van der Waals surface area contributed by atoms with Crippen LogP contribution in [-0.2, 0) is 32.6 Å². The van der Waals surface area contributed by atoms with Crippen molar-refractivity contribution in [3.05, 3.63) is 53.6 Å². The maximum atomic E-state index is 12.8. The third-order valence-electron chi connectivity index (χ3n) is 4.74. The predicted molar refractivity (Wildman–Crippen MR) is 105 cm³/mol. The number of aryl methyl sites for hydroxylation is 1. The van der Waals surface area contributed by atoms with Crippen LogP contribution in [0.2, 0.25) is 0 Å². The van der Waals surface area contributed by atoms with Crippen LogP contribution in [-0.4, -0.2) is 37.7 Å². The monoisotopic (exact) mass is 414 g/mol. The van der Waals surface area contributed by atoms with Gasteiger partial charge in [-0.1, -0.05) is 12.1 Å². The number of imide groups is 1. The van der Waals surface area contributed by atoms with Crippen molar-refractivity contribution in [2.45, 2.75) is 24.3 Å². The molecule has 3 N–H and O–H groups in total. The Bertz CT molecular complexity index is 1110. The van der Waals surface area contributed by atoms with E-state index < -0.39 is 16.1 Å². The van der Waals surface area contributed by atoms with Crippen LogP contribution in [0.25, 0.3) is 0 Å². The summed E-state index contributed by atoms with van der Waals surface area (Å²) in [5.74, 6) is -0.421. The van der Waals surface area contributed by atoms with Crippen molar-refractivity contribution < 1.29 is 22.8 Å². The van der Waals surface area contributed by atoms with E-state index in [0.717, 1.165) is 10.5 Å². The van der Waals surface area contributed by atoms with Crippen LogP contribution in [0.15, 0.2) is 47.4 Å². The molecule has 2 aliphatic rings. The van der Waals surface area contributed by atoms with Gasteiger partial charge in [0, 0.05) is 17.8 Å². The van der Waals surface area contributed by atoms with Crippen LogP contribution in [0, 0.1) is 0 Å². The molecule has 4 rings (SSSR count). The molecule has 150 valence electrons. The fourth-order valence-electron chi connectivity index (χ4n) is 3.27. The Morgan fingerprint density at radius 3 is 2.62 bits per heavy atom. The molecule has 1 fully saturated rings. The van der Waals surface area contributed by atoms with Gasteiger partial charge in [-0.25, -0.2) is 13.2 Å². The Hall–Kier alpha value is -3.40. The molecule has 0 saturated carbocycles. The average molecular weight is 414 g/mol. The van der Waals surface area contributed by atoms with E-state index >= 15 is 0 Å². The average Bonchev–Trinajstić information content (AvgIpc) is 2.99. The van der Waals surface area contributed by atoms with Gasteiger partial charge in [0.05, 0.1) is 18.0 Å². The Balaban J connectivity index is 1.53. The lowest BCUT2D eigenvalue weighted by molar-refractivity contribution is -0.125. The Kier molecular flexibility index (Phi) is 4.71. The van der Waals surface area contributed by atoms with E-state index in [9.17, 15) is 22.8 Å². The Labute approximate surface area is 167 Å². The smallest absolute Gasteiger partial charge is 0.324 e. The largest absolute Gasteiger partial charge is 0.329 e. The van der Waals surface area contributed by atoms with Crippen molar-refractivity contribution in [2.75, 3.05) is 16.6 Å². The second-order valence-corrected chi connectivity index (χ2v) is 8.49. The lowest BCUT2D eigenvalue weighted by Crippen LogP contribution is -2.30. The molecular formula is C19H18N4O5S. The molecule has 0 unspecified atom stereocenters. The van der Waals surface area contributed by atoms with Crippen LogP contribution in [0.4, 0.5) is 16.2 Å². The van der Waals surface area contributed by atoms with E-state index in [1.807, 2.05) is 0 Å². The van der Waals surface area contributed by atoms with E-state index in [2.05, 4.69) is 15.4 Å². The van der Waals surface area contributed by atoms with Crippen LogP contribution < -0.4 is 15.4 Å². The minimum Gasteiger partial charge on any atom is -0.329 e. The highest BCUT2D eigenvalue weighted by Crippen LogP contribution is 2.26. The number of amides is 4. The second-order valence-electron chi connectivity index (χ2n) is 6.81. The molecule has 29 heavy (non-hydrogen) atoms. The number of carbonyl (C=O) groups is 3. The molecule has 2 aromatic rings. The van der Waals surface area contributed by atoms with Gasteiger partial charge in [-0.2, -0.15) is 0 Å². The zero-order valence-corrected chi connectivity index (χ0v) is 16.1. The number of nitrogens with zero attached hydrogens (tertiary/aromatic N) is 1. The normalized spacial score (nSPS) is 16.3. The van der Waals surface area contributed by atoms with Crippen LogP contribution in [0.1, 0.15) is 17.5 Å². The van der Waals surface area contributed by atoms with E-state index in [1.54, 1.807) is 36.4 Å². The van der Waals surface area contributed by atoms with Gasteiger partial charge >= 0.3 is 6.03 Å². The number of benzene rings is 2. The summed E-state index contributed by atoms with van der Waals surface area (Å²) in [4.78, 5) is 36.0. The highest BCUT2D eigenvalue weighted by molar-refractivity contribution is 7.92. The first-order valence-electron chi connectivity index (χ1n) is 8.94. The molecule has 0 aromatic heterocycles. The molecule has 0 radical (unpaired) electrons. The maximum absolute atomic E-state index is 12.8. The lowest BCUT2D eigenvalue weighted by atomic mass is 10.0. The summed E-state index contributed by atoms with van der Waals surface area (Å²) in [6.45, 7) is 0.0166.